The van der Waals surface area contributed by atoms with E-state index in [4.69, 9.17) is 25.7 Å². The van der Waals surface area contributed by atoms with Crippen molar-refractivity contribution in [3.63, 3.8) is 0 Å². The van der Waals surface area contributed by atoms with Gasteiger partial charge in [0, 0.05) is 6.61 Å². The normalized spacial score (nSPS) is 10.5. The highest BCUT2D eigenvalue weighted by Crippen LogP contribution is 2.27. The van der Waals surface area contributed by atoms with Crippen LogP contribution in [-0.4, -0.2) is 39.1 Å². The van der Waals surface area contributed by atoms with Gasteiger partial charge in [0.1, 0.15) is 6.61 Å². The Morgan fingerprint density at radius 1 is 1.25 bits per heavy atom. The lowest BCUT2D eigenvalue weighted by molar-refractivity contribution is 0.109. The molecule has 0 atom stereocenters. The number of rotatable bonds is 8. The molecule has 0 spiro atoms. The third-order valence-corrected chi connectivity index (χ3v) is 2.26. The number of guanidine groups is 1. The van der Waals surface area contributed by atoms with Gasteiger partial charge in [-0.15, -0.1) is 5.10 Å². The number of hydrogen-bond donors (Lipinski definition) is 2. The summed E-state index contributed by atoms with van der Waals surface area (Å²) in [6, 6.07) is 5.39. The molecule has 1 aromatic carbocycles. The maximum Gasteiger partial charge on any atom is 0.211 e. The fourth-order valence-corrected chi connectivity index (χ4v) is 1.40. The van der Waals surface area contributed by atoms with Crippen molar-refractivity contribution in [2.75, 3.05) is 26.9 Å². The van der Waals surface area contributed by atoms with Crippen LogP contribution in [0.5, 0.6) is 11.5 Å². The molecule has 0 aliphatic rings. The first-order valence-corrected chi connectivity index (χ1v) is 6.18. The summed E-state index contributed by atoms with van der Waals surface area (Å²) in [6.45, 7) is 3.55. The third kappa shape index (κ3) is 5.57. The van der Waals surface area contributed by atoms with E-state index in [1.165, 1.54) is 6.21 Å². The van der Waals surface area contributed by atoms with Crippen LogP contribution in [0.15, 0.2) is 28.4 Å². The van der Waals surface area contributed by atoms with E-state index in [1.807, 2.05) is 13.0 Å². The van der Waals surface area contributed by atoms with Crippen molar-refractivity contribution in [1.82, 2.24) is 0 Å². The zero-order chi connectivity index (χ0) is 14.8. The quantitative estimate of drug-likeness (QED) is 0.316. The molecule has 0 bridgehead atoms. The molecule has 20 heavy (non-hydrogen) atoms. The minimum Gasteiger partial charge on any atom is -0.493 e. The van der Waals surface area contributed by atoms with E-state index in [-0.39, 0.29) is 5.96 Å². The van der Waals surface area contributed by atoms with E-state index < -0.39 is 0 Å². The van der Waals surface area contributed by atoms with Crippen LogP contribution in [0.1, 0.15) is 12.5 Å². The number of benzene rings is 1. The largest absolute Gasteiger partial charge is 0.493 e. The van der Waals surface area contributed by atoms with Crippen molar-refractivity contribution in [1.29, 1.82) is 0 Å². The van der Waals surface area contributed by atoms with Crippen molar-refractivity contribution >= 4 is 12.2 Å². The SMILES string of the molecule is CCOCCOc1cc(C=NN=C(N)N)ccc1OC. The topological polar surface area (TPSA) is 104 Å². The molecule has 1 aromatic rings. The van der Waals surface area contributed by atoms with Gasteiger partial charge >= 0.3 is 0 Å². The molecule has 0 heterocycles. The lowest BCUT2D eigenvalue weighted by Crippen LogP contribution is -2.21. The highest BCUT2D eigenvalue weighted by Gasteiger charge is 2.05. The van der Waals surface area contributed by atoms with Crippen LogP contribution in [0.3, 0.4) is 0 Å². The zero-order valence-electron chi connectivity index (χ0n) is 11.7. The Kier molecular flexibility index (Phi) is 6.91. The molecule has 4 N–H and O–H groups in total. The number of ether oxygens (including phenoxy) is 3. The smallest absolute Gasteiger partial charge is 0.211 e. The van der Waals surface area contributed by atoms with Crippen molar-refractivity contribution in [2.24, 2.45) is 21.7 Å². The monoisotopic (exact) mass is 280 g/mol. The van der Waals surface area contributed by atoms with Gasteiger partial charge < -0.3 is 25.7 Å². The second-order valence-electron chi connectivity index (χ2n) is 3.73. The Hall–Kier alpha value is -2.28. The van der Waals surface area contributed by atoms with E-state index in [1.54, 1.807) is 19.2 Å². The molecule has 0 radical (unpaired) electrons. The summed E-state index contributed by atoms with van der Waals surface area (Å²) in [5.41, 5.74) is 11.2. The summed E-state index contributed by atoms with van der Waals surface area (Å²) in [5.74, 6) is 1.16. The summed E-state index contributed by atoms with van der Waals surface area (Å²) in [7, 11) is 1.58. The van der Waals surface area contributed by atoms with Gasteiger partial charge in [0.25, 0.3) is 0 Å². The van der Waals surface area contributed by atoms with E-state index in [0.29, 0.717) is 31.3 Å². The zero-order valence-corrected chi connectivity index (χ0v) is 11.7. The van der Waals surface area contributed by atoms with Gasteiger partial charge in [-0.2, -0.15) is 5.10 Å². The van der Waals surface area contributed by atoms with Crippen molar-refractivity contribution in [3.8, 4) is 11.5 Å². The molecule has 0 aliphatic heterocycles. The second-order valence-corrected chi connectivity index (χ2v) is 3.73. The molecule has 0 aliphatic carbocycles. The van der Waals surface area contributed by atoms with Gasteiger partial charge in [-0.3, -0.25) is 0 Å². The Morgan fingerprint density at radius 2 is 2.05 bits per heavy atom. The van der Waals surface area contributed by atoms with Crippen LogP contribution >= 0.6 is 0 Å². The average molecular weight is 280 g/mol. The average Bonchev–Trinajstić information content (AvgIpc) is 2.43. The fourth-order valence-electron chi connectivity index (χ4n) is 1.40. The molecule has 7 heteroatoms. The second kappa shape index (κ2) is 8.76. The summed E-state index contributed by atoms with van der Waals surface area (Å²) in [6.07, 6.45) is 1.52. The summed E-state index contributed by atoms with van der Waals surface area (Å²) >= 11 is 0. The molecule has 110 valence electrons. The van der Waals surface area contributed by atoms with Crippen LogP contribution in [0.2, 0.25) is 0 Å². The van der Waals surface area contributed by atoms with Gasteiger partial charge in [-0.1, -0.05) is 0 Å². The molecule has 0 aromatic heterocycles. The molecule has 0 saturated carbocycles. The van der Waals surface area contributed by atoms with E-state index >= 15 is 0 Å². The minimum atomic E-state index is -0.0945. The molecule has 0 saturated heterocycles. The summed E-state index contributed by atoms with van der Waals surface area (Å²) < 4.78 is 16.0. The van der Waals surface area contributed by atoms with Crippen LogP contribution in [0.25, 0.3) is 0 Å². The van der Waals surface area contributed by atoms with Crippen molar-refractivity contribution in [3.05, 3.63) is 23.8 Å². The van der Waals surface area contributed by atoms with Gasteiger partial charge in [0.05, 0.1) is 19.9 Å². The maximum atomic E-state index is 5.60. The van der Waals surface area contributed by atoms with Gasteiger partial charge in [0.15, 0.2) is 11.5 Å². The molecule has 0 unspecified atom stereocenters. The molecule has 0 fully saturated rings. The Morgan fingerprint density at radius 3 is 2.70 bits per heavy atom. The van der Waals surface area contributed by atoms with Crippen molar-refractivity contribution in [2.45, 2.75) is 6.92 Å². The predicted octanol–water partition coefficient (Wildman–Crippen LogP) is 0.718. The lowest BCUT2D eigenvalue weighted by Gasteiger charge is -2.11. The van der Waals surface area contributed by atoms with E-state index in [9.17, 15) is 0 Å². The number of nitrogens with two attached hydrogens (primary N) is 2. The molecule has 1 rings (SSSR count). The van der Waals surface area contributed by atoms with E-state index in [0.717, 1.165) is 5.56 Å². The highest BCUT2D eigenvalue weighted by molar-refractivity contribution is 5.82. The molecule has 7 nitrogen and oxygen atoms in total. The summed E-state index contributed by atoms with van der Waals surface area (Å²) in [4.78, 5) is 0. The van der Waals surface area contributed by atoms with Gasteiger partial charge in [-0.05, 0) is 30.7 Å². The van der Waals surface area contributed by atoms with Gasteiger partial charge in [0.2, 0.25) is 5.96 Å². The van der Waals surface area contributed by atoms with Crippen LogP contribution in [-0.2, 0) is 4.74 Å². The third-order valence-electron chi connectivity index (χ3n) is 2.26. The van der Waals surface area contributed by atoms with Crippen LogP contribution in [0.4, 0.5) is 0 Å². The van der Waals surface area contributed by atoms with E-state index in [2.05, 4.69) is 10.2 Å². The maximum absolute atomic E-state index is 5.60. The fraction of sp³-hybridized carbons (Fsp3) is 0.385. The predicted molar refractivity (Wildman–Crippen MR) is 78.4 cm³/mol. The first-order chi connectivity index (χ1) is 9.67. The van der Waals surface area contributed by atoms with Gasteiger partial charge in [-0.25, -0.2) is 0 Å². The van der Waals surface area contributed by atoms with Crippen LogP contribution < -0.4 is 20.9 Å². The molecular weight excluding hydrogens is 260 g/mol. The summed E-state index contributed by atoms with van der Waals surface area (Å²) in [5, 5.41) is 7.27. The standard InChI is InChI=1S/C13H20N4O3/c1-3-19-6-7-20-12-8-10(4-5-11(12)18-2)9-16-17-13(14)15/h4-5,8-9H,3,6-7H2,1-2H3,(H4,14,15,17). The first-order valence-electron chi connectivity index (χ1n) is 6.18. The Bertz CT molecular complexity index is 471. The number of nitrogens with zero attached hydrogens (tertiary/aromatic N) is 2. The first kappa shape index (κ1) is 15.8. The minimum absolute atomic E-state index is 0.0945. The number of hydrogen-bond acceptors (Lipinski definition) is 5. The molecule has 0 amide bonds. The molecular formula is C13H20N4O3. The Labute approximate surface area is 118 Å². The lowest BCUT2D eigenvalue weighted by atomic mass is 10.2. The van der Waals surface area contributed by atoms with Crippen LogP contribution in [0, 0.1) is 0 Å². The highest BCUT2D eigenvalue weighted by atomic mass is 16.5. The number of methoxy groups -OCH3 is 1. The Balaban J connectivity index is 2.74. The van der Waals surface area contributed by atoms with Crippen molar-refractivity contribution < 1.29 is 14.2 Å².